The van der Waals surface area contributed by atoms with Gasteiger partial charge >= 0.3 is 0 Å². The summed E-state index contributed by atoms with van der Waals surface area (Å²) < 4.78 is 1.58. The molecule has 0 bridgehead atoms. The second-order valence-electron chi connectivity index (χ2n) is 4.80. The Balaban J connectivity index is 2.16. The van der Waals surface area contributed by atoms with Gasteiger partial charge in [0.15, 0.2) is 0 Å². The van der Waals surface area contributed by atoms with Crippen molar-refractivity contribution in [2.24, 2.45) is 5.73 Å². The van der Waals surface area contributed by atoms with Crippen LogP contribution in [-0.4, -0.2) is 27.5 Å². The Morgan fingerprint density at radius 2 is 2.37 bits per heavy atom. The fourth-order valence-corrected chi connectivity index (χ4v) is 2.46. The molecule has 1 saturated carbocycles. The zero-order valence-electron chi connectivity index (χ0n) is 10.8. The third-order valence-corrected chi connectivity index (χ3v) is 3.55. The third kappa shape index (κ3) is 2.76. The highest BCUT2D eigenvalue weighted by Crippen LogP contribution is 2.20. The predicted molar refractivity (Wildman–Crippen MR) is 69.8 cm³/mol. The van der Waals surface area contributed by atoms with E-state index in [1.807, 2.05) is 6.92 Å². The van der Waals surface area contributed by atoms with Crippen molar-refractivity contribution in [3.8, 4) is 0 Å². The van der Waals surface area contributed by atoms with Crippen LogP contribution in [0.5, 0.6) is 0 Å². The Morgan fingerprint density at radius 1 is 1.63 bits per heavy atom. The van der Waals surface area contributed by atoms with Crippen LogP contribution in [0.4, 0.5) is 5.69 Å². The Hall–Kier alpha value is -1.89. The van der Waals surface area contributed by atoms with Crippen LogP contribution < -0.4 is 11.1 Å². The number of aryl methyl sites for hydroxylation is 1. The molecule has 104 valence electrons. The molecule has 1 fully saturated rings. The van der Waals surface area contributed by atoms with E-state index in [0.29, 0.717) is 12.2 Å². The second kappa shape index (κ2) is 5.40. The maximum absolute atomic E-state index is 12.2. The molecule has 0 spiro atoms. The largest absolute Gasteiger partial charge is 0.346 e. The number of carbonyl (C=O) groups excluding carboxylic acids is 1. The van der Waals surface area contributed by atoms with E-state index in [-0.39, 0.29) is 23.7 Å². The molecule has 3 N–H and O–H groups in total. The number of nitrogens with two attached hydrogens (primary N) is 1. The lowest BCUT2D eigenvalue weighted by Gasteiger charge is -2.17. The summed E-state index contributed by atoms with van der Waals surface area (Å²) in [5.41, 5.74) is 6.15. The molecule has 7 heteroatoms. The Kier molecular flexibility index (Phi) is 3.84. The lowest BCUT2D eigenvalue weighted by atomic mass is 10.2. The van der Waals surface area contributed by atoms with Crippen molar-refractivity contribution >= 4 is 11.6 Å². The average molecular weight is 266 g/mol. The van der Waals surface area contributed by atoms with E-state index in [1.54, 1.807) is 4.57 Å². The van der Waals surface area contributed by atoms with Crippen LogP contribution >= 0.6 is 0 Å². The van der Waals surface area contributed by atoms with Gasteiger partial charge in [-0.15, -0.1) is 0 Å². The summed E-state index contributed by atoms with van der Waals surface area (Å²) in [5, 5.41) is 13.6. The smallest absolute Gasteiger partial charge is 0.287 e. The van der Waals surface area contributed by atoms with Crippen molar-refractivity contribution in [2.75, 3.05) is 0 Å². The number of amides is 1. The first-order valence-corrected chi connectivity index (χ1v) is 6.44. The van der Waals surface area contributed by atoms with Crippen molar-refractivity contribution in [1.82, 2.24) is 9.88 Å². The highest BCUT2D eigenvalue weighted by molar-refractivity contribution is 5.93. The maximum Gasteiger partial charge on any atom is 0.287 e. The minimum Gasteiger partial charge on any atom is -0.346 e. The number of hydrogen-bond donors (Lipinski definition) is 2. The molecule has 0 aromatic carbocycles. The van der Waals surface area contributed by atoms with E-state index >= 15 is 0 Å². The van der Waals surface area contributed by atoms with Gasteiger partial charge in [-0.3, -0.25) is 14.9 Å². The number of nitrogens with zero attached hydrogens (tertiary/aromatic N) is 2. The van der Waals surface area contributed by atoms with Gasteiger partial charge in [0, 0.05) is 24.7 Å². The Labute approximate surface area is 110 Å². The normalized spacial score (nSPS) is 22.4. The molecule has 2 unspecified atom stereocenters. The number of rotatable bonds is 4. The van der Waals surface area contributed by atoms with Gasteiger partial charge in [-0.05, 0) is 26.2 Å². The van der Waals surface area contributed by atoms with E-state index in [4.69, 9.17) is 5.73 Å². The third-order valence-electron chi connectivity index (χ3n) is 3.55. The number of carbonyl (C=O) groups is 1. The number of aromatic nitrogens is 1. The predicted octanol–water partition coefficient (Wildman–Crippen LogP) is 1.03. The monoisotopic (exact) mass is 266 g/mol. The van der Waals surface area contributed by atoms with Crippen LogP contribution in [0, 0.1) is 10.1 Å². The van der Waals surface area contributed by atoms with Gasteiger partial charge in [0.05, 0.1) is 11.1 Å². The van der Waals surface area contributed by atoms with Crippen molar-refractivity contribution < 1.29 is 9.72 Å². The number of nitrogens with one attached hydrogen (secondary N) is 1. The summed E-state index contributed by atoms with van der Waals surface area (Å²) in [6.45, 7) is 2.34. The molecule has 1 amide bonds. The van der Waals surface area contributed by atoms with Gasteiger partial charge in [0.2, 0.25) is 0 Å². The minimum atomic E-state index is -0.496. The van der Waals surface area contributed by atoms with E-state index in [1.165, 1.54) is 12.3 Å². The quantitative estimate of drug-likeness (QED) is 0.627. The topological polar surface area (TPSA) is 103 Å². The standard InChI is InChI=1S/C12H18N4O3/c1-2-15-7-8(16(18)19)6-11(15)12(17)14-10-5-3-4-9(10)13/h6-7,9-10H,2-5,13H2,1H3,(H,14,17). The summed E-state index contributed by atoms with van der Waals surface area (Å²) in [5.74, 6) is -0.294. The number of nitro groups is 1. The van der Waals surface area contributed by atoms with Gasteiger partial charge in [0.1, 0.15) is 5.69 Å². The lowest BCUT2D eigenvalue weighted by Crippen LogP contribution is -2.44. The molecule has 1 aliphatic rings. The molecule has 0 aliphatic heterocycles. The molecule has 7 nitrogen and oxygen atoms in total. The van der Waals surface area contributed by atoms with Crippen molar-refractivity contribution in [1.29, 1.82) is 0 Å². The first kappa shape index (κ1) is 13.5. The molecule has 2 rings (SSSR count). The van der Waals surface area contributed by atoms with Crippen molar-refractivity contribution in [3.63, 3.8) is 0 Å². The zero-order chi connectivity index (χ0) is 14.0. The highest BCUT2D eigenvalue weighted by Gasteiger charge is 2.27. The molecular weight excluding hydrogens is 248 g/mol. The second-order valence-corrected chi connectivity index (χ2v) is 4.80. The molecule has 1 aromatic heterocycles. The summed E-state index contributed by atoms with van der Waals surface area (Å²) in [6.07, 6.45) is 4.15. The van der Waals surface area contributed by atoms with Gasteiger partial charge in [-0.1, -0.05) is 0 Å². The SMILES string of the molecule is CCn1cc([N+](=O)[O-])cc1C(=O)NC1CCCC1N. The van der Waals surface area contributed by atoms with Crippen LogP contribution in [0.2, 0.25) is 0 Å². The van der Waals surface area contributed by atoms with Crippen molar-refractivity contribution in [2.45, 2.75) is 44.8 Å². The molecular formula is C12H18N4O3. The Morgan fingerprint density at radius 3 is 2.89 bits per heavy atom. The number of hydrogen-bond acceptors (Lipinski definition) is 4. The fourth-order valence-electron chi connectivity index (χ4n) is 2.46. The summed E-state index contributed by atoms with van der Waals surface area (Å²) in [6, 6.07) is 1.25. The molecule has 0 radical (unpaired) electrons. The van der Waals surface area contributed by atoms with E-state index < -0.39 is 4.92 Å². The first-order valence-electron chi connectivity index (χ1n) is 6.44. The molecule has 0 saturated heterocycles. The van der Waals surface area contributed by atoms with Gasteiger partial charge in [0.25, 0.3) is 11.6 Å². The van der Waals surface area contributed by atoms with Gasteiger partial charge in [-0.25, -0.2) is 0 Å². The van der Waals surface area contributed by atoms with E-state index in [2.05, 4.69) is 5.32 Å². The molecule has 19 heavy (non-hydrogen) atoms. The van der Waals surface area contributed by atoms with Crippen LogP contribution in [0.1, 0.15) is 36.7 Å². The summed E-state index contributed by atoms with van der Waals surface area (Å²) >= 11 is 0. The zero-order valence-corrected chi connectivity index (χ0v) is 10.8. The molecule has 1 heterocycles. The van der Waals surface area contributed by atoms with E-state index in [9.17, 15) is 14.9 Å². The first-order chi connectivity index (χ1) is 9.02. The van der Waals surface area contributed by atoms with Crippen molar-refractivity contribution in [3.05, 3.63) is 28.1 Å². The van der Waals surface area contributed by atoms with E-state index in [0.717, 1.165) is 19.3 Å². The average Bonchev–Trinajstić information content (AvgIpc) is 2.96. The Bertz CT molecular complexity index is 497. The molecule has 1 aliphatic carbocycles. The summed E-state index contributed by atoms with van der Waals surface area (Å²) in [4.78, 5) is 22.4. The fraction of sp³-hybridized carbons (Fsp3) is 0.583. The van der Waals surface area contributed by atoms with Crippen LogP contribution in [0.25, 0.3) is 0 Å². The highest BCUT2D eigenvalue weighted by atomic mass is 16.6. The van der Waals surface area contributed by atoms with Gasteiger partial charge < -0.3 is 15.6 Å². The van der Waals surface area contributed by atoms with Crippen LogP contribution in [-0.2, 0) is 6.54 Å². The minimum absolute atomic E-state index is 0.0241. The maximum atomic E-state index is 12.2. The van der Waals surface area contributed by atoms with Gasteiger partial charge in [-0.2, -0.15) is 0 Å². The lowest BCUT2D eigenvalue weighted by molar-refractivity contribution is -0.384. The molecule has 2 atom stereocenters. The van der Waals surface area contributed by atoms with Crippen LogP contribution in [0.3, 0.4) is 0 Å². The van der Waals surface area contributed by atoms with Crippen LogP contribution in [0.15, 0.2) is 12.3 Å². The molecule has 1 aromatic rings. The summed E-state index contributed by atoms with van der Waals surface area (Å²) in [7, 11) is 0.